The fourth-order valence-corrected chi connectivity index (χ4v) is 5.03. The van der Waals surface area contributed by atoms with E-state index in [1.54, 1.807) is 0 Å². The van der Waals surface area contributed by atoms with E-state index in [0.29, 0.717) is 18.4 Å². The Morgan fingerprint density at radius 3 is 2.42 bits per heavy atom. The maximum atomic E-state index is 13.2. The highest BCUT2D eigenvalue weighted by atomic mass is 32.2. The summed E-state index contributed by atoms with van der Waals surface area (Å²) < 4.78 is 33.2. The molecule has 0 fully saturated rings. The van der Waals surface area contributed by atoms with Crippen molar-refractivity contribution in [2.75, 3.05) is 7.11 Å². The Morgan fingerprint density at radius 1 is 1.18 bits per heavy atom. The number of sulfonamides is 1. The van der Waals surface area contributed by atoms with Gasteiger partial charge in [0.2, 0.25) is 10.0 Å². The highest BCUT2D eigenvalue weighted by Crippen LogP contribution is 2.38. The van der Waals surface area contributed by atoms with Gasteiger partial charge in [0, 0.05) is 5.56 Å². The number of carbonyl (C=O) groups is 1. The third kappa shape index (κ3) is 8.85. The number of ether oxygens (including phenoxy) is 1. The smallest absolute Gasteiger partial charge is 0.323 e. The Bertz CT molecular complexity index is 975. The van der Waals surface area contributed by atoms with Crippen molar-refractivity contribution < 1.29 is 28.2 Å². The van der Waals surface area contributed by atoms with E-state index >= 15 is 0 Å². The van der Waals surface area contributed by atoms with Crippen LogP contribution in [-0.2, 0) is 32.4 Å². The molecule has 1 atom stereocenters. The Kier molecular flexibility index (Phi) is 11.7. The number of rotatable bonds is 13. The summed E-state index contributed by atoms with van der Waals surface area (Å²) in [6, 6.07) is 0.284. The minimum Gasteiger partial charge on any atom is -0.508 e. The molecule has 0 aliphatic carbocycles. The molecule has 0 amide bonds. The van der Waals surface area contributed by atoms with E-state index in [-0.39, 0.29) is 22.6 Å². The van der Waals surface area contributed by atoms with Crippen molar-refractivity contribution in [3.63, 3.8) is 0 Å². The molecule has 0 aliphatic heterocycles. The van der Waals surface area contributed by atoms with Crippen LogP contribution in [0.1, 0.15) is 77.8 Å². The summed E-state index contributed by atoms with van der Waals surface area (Å²) in [5.41, 5.74) is 2.76. The maximum Gasteiger partial charge on any atom is 0.323 e. The number of benzene rings is 1. The number of esters is 1. The molecule has 0 spiro atoms. The lowest BCUT2D eigenvalue weighted by Crippen LogP contribution is -2.39. The number of aromatic hydroxyl groups is 2. The van der Waals surface area contributed by atoms with Gasteiger partial charge in [-0.05, 0) is 71.4 Å². The van der Waals surface area contributed by atoms with Gasteiger partial charge in [0.25, 0.3) is 0 Å². The van der Waals surface area contributed by atoms with Gasteiger partial charge in [0.1, 0.15) is 22.4 Å². The average Bonchev–Trinajstić information content (AvgIpc) is 2.71. The Morgan fingerprint density at radius 2 is 1.85 bits per heavy atom. The minimum atomic E-state index is -4.26. The Labute approximate surface area is 198 Å². The van der Waals surface area contributed by atoms with Gasteiger partial charge < -0.3 is 14.9 Å². The lowest BCUT2D eigenvalue weighted by molar-refractivity contribution is -0.142. The van der Waals surface area contributed by atoms with Crippen molar-refractivity contribution in [2.45, 2.75) is 90.5 Å². The van der Waals surface area contributed by atoms with Crippen LogP contribution in [-0.4, -0.2) is 37.8 Å². The van der Waals surface area contributed by atoms with Crippen molar-refractivity contribution >= 4 is 16.0 Å². The van der Waals surface area contributed by atoms with Crippen LogP contribution in [0.15, 0.2) is 34.3 Å². The number of nitrogens with one attached hydrogen (secondary N) is 1. The van der Waals surface area contributed by atoms with E-state index in [1.165, 1.54) is 25.7 Å². The number of hydrogen-bond acceptors (Lipinski definition) is 6. The quantitative estimate of drug-likeness (QED) is 0.210. The molecule has 0 bridgehead atoms. The average molecular weight is 482 g/mol. The van der Waals surface area contributed by atoms with Crippen LogP contribution in [0.2, 0.25) is 0 Å². The van der Waals surface area contributed by atoms with E-state index in [1.807, 2.05) is 33.8 Å². The van der Waals surface area contributed by atoms with Gasteiger partial charge in [-0.2, -0.15) is 4.72 Å². The van der Waals surface area contributed by atoms with Gasteiger partial charge in [0.15, 0.2) is 0 Å². The molecule has 1 rings (SSSR count). The molecule has 0 radical (unpaired) electrons. The first-order chi connectivity index (χ1) is 15.4. The largest absolute Gasteiger partial charge is 0.508 e. The maximum absolute atomic E-state index is 13.2. The van der Waals surface area contributed by atoms with Gasteiger partial charge in [-0.25, -0.2) is 8.42 Å². The zero-order valence-corrected chi connectivity index (χ0v) is 21.5. The number of unbranched alkanes of at least 4 members (excludes halogenated alkanes) is 2. The number of phenols is 2. The van der Waals surface area contributed by atoms with Gasteiger partial charge in [-0.3, -0.25) is 4.79 Å². The third-order valence-electron chi connectivity index (χ3n) is 5.36. The Balaban J connectivity index is 3.39. The van der Waals surface area contributed by atoms with Crippen molar-refractivity contribution in [1.29, 1.82) is 0 Å². The molecule has 0 aromatic heterocycles. The minimum absolute atomic E-state index is 0.141. The highest BCUT2D eigenvalue weighted by Gasteiger charge is 2.30. The molecule has 3 N–H and O–H groups in total. The molecule has 0 heterocycles. The van der Waals surface area contributed by atoms with E-state index in [0.717, 1.165) is 31.3 Å². The number of methoxy groups -OCH3 is 1. The molecule has 1 aromatic rings. The molecular formula is C25H39NO6S. The fraction of sp³-hybridized carbons (Fsp3) is 0.560. The first kappa shape index (κ1) is 28.7. The standard InChI is InChI=1S/C25H39NO6S/c1-7-8-9-13-20-16-22(27)21(15-14-18(4)12-10-11-17(2)3)23(28)24(20)33(30,31)26-19(5)25(29)32-6/h11,14,16,19,26-28H,7-10,12-13,15H2,1-6H3/b18-14+. The van der Waals surface area contributed by atoms with E-state index < -0.39 is 27.8 Å². The van der Waals surface area contributed by atoms with Crippen molar-refractivity contribution in [2.24, 2.45) is 0 Å². The highest BCUT2D eigenvalue weighted by molar-refractivity contribution is 7.89. The first-order valence-corrected chi connectivity index (χ1v) is 12.9. The summed E-state index contributed by atoms with van der Waals surface area (Å²) in [7, 11) is -3.08. The van der Waals surface area contributed by atoms with Crippen LogP contribution >= 0.6 is 0 Å². The zero-order valence-electron chi connectivity index (χ0n) is 20.7. The van der Waals surface area contributed by atoms with Crippen LogP contribution in [0.5, 0.6) is 11.5 Å². The van der Waals surface area contributed by atoms with E-state index in [2.05, 4.69) is 15.5 Å². The molecule has 1 aromatic carbocycles. The first-order valence-electron chi connectivity index (χ1n) is 11.4. The van der Waals surface area contributed by atoms with Crippen molar-refractivity contribution in [1.82, 2.24) is 4.72 Å². The normalized spacial score (nSPS) is 13.0. The molecule has 0 saturated carbocycles. The molecule has 33 heavy (non-hydrogen) atoms. The molecule has 1 unspecified atom stereocenters. The molecule has 8 heteroatoms. The molecule has 186 valence electrons. The van der Waals surface area contributed by atoms with Crippen LogP contribution in [0.25, 0.3) is 0 Å². The summed E-state index contributed by atoms with van der Waals surface area (Å²) >= 11 is 0. The Hall–Kier alpha value is -2.32. The SMILES string of the molecule is CCCCCc1cc(O)c(C/C=C(\C)CCC=C(C)C)c(O)c1S(=O)(=O)NC(C)C(=O)OC. The van der Waals surface area contributed by atoms with Gasteiger partial charge in [-0.1, -0.05) is 43.1 Å². The molecule has 0 saturated heterocycles. The van der Waals surface area contributed by atoms with Crippen molar-refractivity contribution in [3.8, 4) is 11.5 Å². The van der Waals surface area contributed by atoms with E-state index in [4.69, 9.17) is 0 Å². The molecule has 7 nitrogen and oxygen atoms in total. The summed E-state index contributed by atoms with van der Waals surface area (Å²) in [6.07, 6.45) is 8.79. The predicted molar refractivity (Wildman–Crippen MR) is 131 cm³/mol. The lowest BCUT2D eigenvalue weighted by Gasteiger charge is -2.19. The van der Waals surface area contributed by atoms with Crippen LogP contribution < -0.4 is 4.72 Å². The topological polar surface area (TPSA) is 113 Å². The summed E-state index contributed by atoms with van der Waals surface area (Å²) in [5, 5.41) is 21.6. The van der Waals surface area contributed by atoms with Crippen molar-refractivity contribution in [3.05, 3.63) is 40.5 Å². The summed E-state index contributed by atoms with van der Waals surface area (Å²) in [4.78, 5) is 11.5. The summed E-state index contributed by atoms with van der Waals surface area (Å²) in [6.45, 7) is 9.43. The van der Waals surface area contributed by atoms with Crippen LogP contribution in [0.3, 0.4) is 0 Å². The summed E-state index contributed by atoms with van der Waals surface area (Å²) in [5.74, 6) is -1.37. The second-order valence-corrected chi connectivity index (χ2v) is 10.3. The number of aryl methyl sites for hydroxylation is 1. The lowest BCUT2D eigenvalue weighted by atomic mass is 10.00. The zero-order chi connectivity index (χ0) is 25.2. The molecular weight excluding hydrogens is 442 g/mol. The van der Waals surface area contributed by atoms with Gasteiger partial charge >= 0.3 is 5.97 Å². The van der Waals surface area contributed by atoms with Gasteiger partial charge in [0.05, 0.1) is 7.11 Å². The number of allylic oxidation sites excluding steroid dienone is 4. The van der Waals surface area contributed by atoms with E-state index in [9.17, 15) is 23.4 Å². The number of carbonyl (C=O) groups excluding carboxylic acids is 1. The predicted octanol–water partition coefficient (Wildman–Crippen LogP) is 4.91. The van der Waals surface area contributed by atoms with Gasteiger partial charge in [-0.15, -0.1) is 0 Å². The molecule has 0 aliphatic rings. The third-order valence-corrected chi connectivity index (χ3v) is 7.02. The second-order valence-electron chi connectivity index (χ2n) is 8.61. The number of hydrogen-bond donors (Lipinski definition) is 3. The fourth-order valence-electron chi connectivity index (χ4n) is 3.46. The monoisotopic (exact) mass is 481 g/mol. The van der Waals surface area contributed by atoms with Crippen LogP contribution in [0.4, 0.5) is 0 Å². The number of phenolic OH excluding ortho intramolecular Hbond substituents is 2. The second kappa shape index (κ2) is 13.4. The van der Waals surface area contributed by atoms with Crippen LogP contribution in [0, 0.1) is 0 Å².